The number of anilines is 4. The summed E-state index contributed by atoms with van der Waals surface area (Å²) in [6.45, 7) is 0. The van der Waals surface area contributed by atoms with Crippen LogP contribution in [-0.2, 0) is 0 Å². The highest BCUT2D eigenvalue weighted by atomic mass is 19.1. The third-order valence-corrected chi connectivity index (χ3v) is 4.86. The number of hydrogen-bond acceptors (Lipinski definition) is 6. The van der Waals surface area contributed by atoms with Crippen LogP contribution in [0, 0.1) is 17.5 Å². The van der Waals surface area contributed by atoms with Crippen LogP contribution < -0.4 is 10.2 Å². The first kappa shape index (κ1) is 21.1. The SMILES string of the molecule is O=C(Nc1ccc(F)c(N(c2ccccn2)c2ncnc3nc[nH]c23)c1)c1cc(F)cc(F)c1. The van der Waals surface area contributed by atoms with Gasteiger partial charge in [0.1, 0.15) is 35.1 Å². The van der Waals surface area contributed by atoms with Gasteiger partial charge in [0.05, 0.1) is 12.0 Å². The van der Waals surface area contributed by atoms with Gasteiger partial charge in [-0.2, -0.15) is 0 Å². The third kappa shape index (κ3) is 4.01. The summed E-state index contributed by atoms with van der Waals surface area (Å²) in [5.41, 5.74) is 0.777. The average molecular weight is 461 g/mol. The molecule has 0 atom stereocenters. The van der Waals surface area contributed by atoms with Crippen molar-refractivity contribution in [2.45, 2.75) is 0 Å². The van der Waals surface area contributed by atoms with Crippen molar-refractivity contribution in [2.24, 2.45) is 0 Å². The summed E-state index contributed by atoms with van der Waals surface area (Å²) in [6.07, 6.45) is 4.26. The van der Waals surface area contributed by atoms with Crippen molar-refractivity contribution in [1.29, 1.82) is 0 Å². The number of imidazole rings is 1. The van der Waals surface area contributed by atoms with Gasteiger partial charge in [-0.1, -0.05) is 6.07 Å². The van der Waals surface area contributed by atoms with Crippen LogP contribution in [0.1, 0.15) is 10.4 Å². The maximum absolute atomic E-state index is 15.1. The Labute approximate surface area is 190 Å². The van der Waals surface area contributed by atoms with Crippen molar-refractivity contribution in [3.8, 4) is 0 Å². The van der Waals surface area contributed by atoms with Gasteiger partial charge in [0.15, 0.2) is 11.5 Å². The van der Waals surface area contributed by atoms with Crippen molar-refractivity contribution in [3.05, 3.63) is 96.5 Å². The zero-order valence-corrected chi connectivity index (χ0v) is 17.2. The second kappa shape index (κ2) is 8.62. The lowest BCUT2D eigenvalue weighted by atomic mass is 10.2. The van der Waals surface area contributed by atoms with Crippen LogP contribution >= 0.6 is 0 Å². The second-order valence-corrected chi connectivity index (χ2v) is 7.10. The molecule has 0 fully saturated rings. The van der Waals surface area contributed by atoms with Crippen LogP contribution in [0.4, 0.5) is 36.2 Å². The number of benzene rings is 2. The summed E-state index contributed by atoms with van der Waals surface area (Å²) < 4.78 is 42.2. The van der Waals surface area contributed by atoms with Gasteiger partial charge in [0.2, 0.25) is 0 Å². The first-order chi connectivity index (χ1) is 16.5. The van der Waals surface area contributed by atoms with E-state index in [9.17, 15) is 13.6 Å². The molecule has 5 rings (SSSR count). The van der Waals surface area contributed by atoms with E-state index in [-0.39, 0.29) is 22.8 Å². The Morgan fingerprint density at radius 1 is 0.912 bits per heavy atom. The van der Waals surface area contributed by atoms with Crippen molar-refractivity contribution < 1.29 is 18.0 Å². The van der Waals surface area contributed by atoms with Gasteiger partial charge < -0.3 is 10.3 Å². The molecule has 3 aromatic heterocycles. The van der Waals surface area contributed by atoms with Gasteiger partial charge in [-0.3, -0.25) is 9.69 Å². The number of nitrogens with one attached hydrogen (secondary N) is 2. The number of H-pyrrole nitrogens is 1. The Morgan fingerprint density at radius 2 is 1.74 bits per heavy atom. The van der Waals surface area contributed by atoms with E-state index in [0.29, 0.717) is 23.0 Å². The van der Waals surface area contributed by atoms with E-state index in [1.54, 1.807) is 18.2 Å². The van der Waals surface area contributed by atoms with E-state index < -0.39 is 23.4 Å². The van der Waals surface area contributed by atoms with Crippen LogP contribution in [-0.4, -0.2) is 30.8 Å². The first-order valence-corrected chi connectivity index (χ1v) is 9.92. The number of rotatable bonds is 5. The van der Waals surface area contributed by atoms with Crippen LogP contribution in [0.25, 0.3) is 11.2 Å². The molecular formula is C23H14F3N7O. The second-order valence-electron chi connectivity index (χ2n) is 7.10. The first-order valence-electron chi connectivity index (χ1n) is 9.92. The number of aromatic nitrogens is 5. The Morgan fingerprint density at radius 3 is 2.50 bits per heavy atom. The highest BCUT2D eigenvalue weighted by Gasteiger charge is 2.23. The third-order valence-electron chi connectivity index (χ3n) is 4.86. The Kier molecular flexibility index (Phi) is 5.34. The minimum atomic E-state index is -0.890. The molecule has 0 aliphatic carbocycles. The number of hydrogen-bond donors (Lipinski definition) is 2. The number of carbonyl (C=O) groups is 1. The fraction of sp³-hybridized carbons (Fsp3) is 0. The molecule has 0 saturated carbocycles. The maximum Gasteiger partial charge on any atom is 0.255 e. The summed E-state index contributed by atoms with van der Waals surface area (Å²) in [5.74, 6) is -2.57. The quantitative estimate of drug-likeness (QED) is 0.387. The van der Waals surface area contributed by atoms with E-state index in [0.717, 1.165) is 18.2 Å². The molecule has 0 bridgehead atoms. The van der Waals surface area contributed by atoms with Gasteiger partial charge in [0.25, 0.3) is 5.91 Å². The highest BCUT2D eigenvalue weighted by molar-refractivity contribution is 6.04. The molecule has 168 valence electrons. The Bertz CT molecular complexity index is 1490. The number of aromatic amines is 1. The number of carbonyl (C=O) groups excluding carboxylic acids is 1. The van der Waals surface area contributed by atoms with Crippen LogP contribution in [0.5, 0.6) is 0 Å². The minimum absolute atomic E-state index is 0.0107. The molecule has 3 heterocycles. The summed E-state index contributed by atoms with van der Waals surface area (Å²) in [4.78, 5) is 33.8. The van der Waals surface area contributed by atoms with Crippen molar-refractivity contribution in [3.63, 3.8) is 0 Å². The largest absolute Gasteiger partial charge is 0.340 e. The fourth-order valence-electron chi connectivity index (χ4n) is 3.40. The number of nitrogens with zero attached hydrogens (tertiary/aromatic N) is 5. The molecule has 2 N–H and O–H groups in total. The van der Waals surface area contributed by atoms with E-state index >= 15 is 4.39 Å². The maximum atomic E-state index is 15.1. The lowest BCUT2D eigenvalue weighted by molar-refractivity contribution is 0.102. The average Bonchev–Trinajstić information content (AvgIpc) is 3.31. The molecule has 11 heteroatoms. The molecule has 34 heavy (non-hydrogen) atoms. The predicted molar refractivity (Wildman–Crippen MR) is 118 cm³/mol. The molecule has 0 aliphatic rings. The van der Waals surface area contributed by atoms with Crippen LogP contribution in [0.2, 0.25) is 0 Å². The normalized spacial score (nSPS) is 10.9. The lowest BCUT2D eigenvalue weighted by Crippen LogP contribution is -2.17. The van der Waals surface area contributed by atoms with Crippen molar-refractivity contribution >= 4 is 40.1 Å². The van der Waals surface area contributed by atoms with E-state index in [4.69, 9.17) is 0 Å². The highest BCUT2D eigenvalue weighted by Crippen LogP contribution is 2.37. The zero-order valence-electron chi connectivity index (χ0n) is 17.2. The molecule has 2 aromatic carbocycles. The van der Waals surface area contributed by atoms with E-state index in [1.165, 1.54) is 35.9 Å². The van der Waals surface area contributed by atoms with E-state index in [1.807, 2.05) is 0 Å². The Balaban J connectivity index is 1.59. The molecule has 0 unspecified atom stereocenters. The summed E-state index contributed by atoms with van der Waals surface area (Å²) in [6, 6.07) is 11.4. The van der Waals surface area contributed by atoms with Crippen LogP contribution in [0.3, 0.4) is 0 Å². The zero-order chi connectivity index (χ0) is 23.7. The van der Waals surface area contributed by atoms with Gasteiger partial charge in [0, 0.05) is 23.5 Å². The predicted octanol–water partition coefficient (Wildman–Crippen LogP) is 4.89. The topological polar surface area (TPSA) is 99.7 Å². The standard InChI is InChI=1S/C23H14F3N7O/c24-14-7-13(8-15(25)9-14)23(34)32-16-4-5-17(26)18(10-16)33(19-3-1-2-6-27-19)22-20-21(29-11-28-20)30-12-31-22/h1-12H,(H,32,34)(H,28,29,30,31). The minimum Gasteiger partial charge on any atom is -0.340 e. The summed E-state index contributed by atoms with van der Waals surface area (Å²) >= 11 is 0. The van der Waals surface area contributed by atoms with Gasteiger partial charge >= 0.3 is 0 Å². The summed E-state index contributed by atoms with van der Waals surface area (Å²) in [5, 5.41) is 2.53. The molecule has 5 aromatic rings. The molecule has 0 aliphatic heterocycles. The van der Waals surface area contributed by atoms with Crippen LogP contribution in [0.15, 0.2) is 73.4 Å². The molecule has 0 saturated heterocycles. The molecule has 8 nitrogen and oxygen atoms in total. The van der Waals surface area contributed by atoms with Gasteiger partial charge in [-0.25, -0.2) is 33.1 Å². The molecule has 0 radical (unpaired) electrons. The lowest BCUT2D eigenvalue weighted by Gasteiger charge is -2.24. The molecule has 0 spiro atoms. The van der Waals surface area contributed by atoms with Crippen molar-refractivity contribution in [2.75, 3.05) is 10.2 Å². The van der Waals surface area contributed by atoms with E-state index in [2.05, 4.69) is 30.2 Å². The van der Waals surface area contributed by atoms with Gasteiger partial charge in [-0.05, 0) is 42.5 Å². The number of pyridine rings is 1. The smallest absolute Gasteiger partial charge is 0.255 e. The summed E-state index contributed by atoms with van der Waals surface area (Å²) in [7, 11) is 0. The number of halogens is 3. The van der Waals surface area contributed by atoms with Gasteiger partial charge in [-0.15, -0.1) is 0 Å². The molecular weight excluding hydrogens is 447 g/mol. The van der Waals surface area contributed by atoms with Crippen molar-refractivity contribution in [1.82, 2.24) is 24.9 Å². The monoisotopic (exact) mass is 461 g/mol. The fourth-order valence-corrected chi connectivity index (χ4v) is 3.40. The Hall–Kier alpha value is -4.80. The number of amides is 1. The molecule has 1 amide bonds. The number of fused-ring (bicyclic) bond motifs is 1.